The molecule has 0 aromatic rings. The van der Waals surface area contributed by atoms with Crippen LogP contribution in [0.2, 0.25) is 0 Å². The molecule has 0 heterocycles. The minimum Gasteiger partial charge on any atom is -0.350 e. The van der Waals surface area contributed by atoms with Gasteiger partial charge in [0.2, 0.25) is 5.91 Å². The van der Waals surface area contributed by atoms with Gasteiger partial charge in [-0.1, -0.05) is 13.8 Å². The summed E-state index contributed by atoms with van der Waals surface area (Å²) in [5.74, 6) is 0.985. The Kier molecular flexibility index (Phi) is 4.54. The van der Waals surface area contributed by atoms with E-state index in [1.54, 1.807) is 0 Å². The van der Waals surface area contributed by atoms with Gasteiger partial charge in [0.05, 0.1) is 6.04 Å². The molecular weight excluding hydrogens is 190 g/mol. The Bertz CT molecular complexity index is 214. The third-order valence-electron chi connectivity index (χ3n) is 2.83. The van der Waals surface area contributed by atoms with Crippen molar-refractivity contribution >= 4 is 5.91 Å². The topological polar surface area (TPSA) is 81.1 Å². The first-order chi connectivity index (χ1) is 7.04. The SMILES string of the molecule is CC(C)C[C@H](N)C(=O)NC(CN)C1CC1. The highest BCUT2D eigenvalue weighted by Gasteiger charge is 2.32. The minimum atomic E-state index is -0.391. The number of nitrogens with one attached hydrogen (secondary N) is 1. The fourth-order valence-electron chi connectivity index (χ4n) is 1.77. The Labute approximate surface area is 91.8 Å². The van der Waals surface area contributed by atoms with Crippen LogP contribution in [0.1, 0.15) is 33.1 Å². The molecule has 1 aliphatic carbocycles. The Morgan fingerprint density at radius 2 is 2.07 bits per heavy atom. The van der Waals surface area contributed by atoms with Crippen molar-refractivity contribution in [2.45, 2.75) is 45.2 Å². The van der Waals surface area contributed by atoms with Crippen LogP contribution in [0.5, 0.6) is 0 Å². The summed E-state index contributed by atoms with van der Waals surface area (Å²) in [5.41, 5.74) is 11.4. The van der Waals surface area contributed by atoms with Gasteiger partial charge in [-0.25, -0.2) is 0 Å². The van der Waals surface area contributed by atoms with E-state index in [2.05, 4.69) is 19.2 Å². The van der Waals surface area contributed by atoms with Crippen molar-refractivity contribution in [3.05, 3.63) is 0 Å². The first-order valence-corrected chi connectivity index (χ1v) is 5.80. The van der Waals surface area contributed by atoms with Crippen molar-refractivity contribution in [2.75, 3.05) is 6.54 Å². The number of nitrogens with two attached hydrogens (primary N) is 2. The van der Waals surface area contributed by atoms with Gasteiger partial charge in [-0.3, -0.25) is 4.79 Å². The van der Waals surface area contributed by atoms with Crippen LogP contribution >= 0.6 is 0 Å². The number of hydrogen-bond donors (Lipinski definition) is 3. The maximum Gasteiger partial charge on any atom is 0.237 e. The van der Waals surface area contributed by atoms with Crippen LogP contribution in [0.25, 0.3) is 0 Å². The van der Waals surface area contributed by atoms with Crippen molar-refractivity contribution in [2.24, 2.45) is 23.3 Å². The molecule has 2 atom stereocenters. The van der Waals surface area contributed by atoms with Crippen LogP contribution in [0.3, 0.4) is 0 Å². The van der Waals surface area contributed by atoms with Crippen LogP contribution in [0.15, 0.2) is 0 Å². The van der Waals surface area contributed by atoms with Gasteiger partial charge in [0, 0.05) is 12.6 Å². The van der Waals surface area contributed by atoms with Gasteiger partial charge >= 0.3 is 0 Å². The van der Waals surface area contributed by atoms with Crippen molar-refractivity contribution in [3.8, 4) is 0 Å². The summed E-state index contributed by atoms with van der Waals surface area (Å²) < 4.78 is 0. The number of amides is 1. The number of hydrogen-bond acceptors (Lipinski definition) is 3. The minimum absolute atomic E-state index is 0.0500. The predicted octanol–water partition coefficient (Wildman–Crippen LogP) is 0.213. The summed E-state index contributed by atoms with van der Waals surface area (Å²) >= 11 is 0. The Morgan fingerprint density at radius 3 is 2.47 bits per heavy atom. The van der Waals surface area contributed by atoms with Gasteiger partial charge in [-0.2, -0.15) is 0 Å². The summed E-state index contributed by atoms with van der Waals surface area (Å²) in [6.07, 6.45) is 3.09. The lowest BCUT2D eigenvalue weighted by atomic mass is 10.0. The molecule has 4 heteroatoms. The molecule has 1 fully saturated rings. The molecule has 0 spiro atoms. The fourth-order valence-corrected chi connectivity index (χ4v) is 1.77. The number of carbonyl (C=O) groups excluding carboxylic acids is 1. The normalized spacial score (nSPS) is 20.1. The third-order valence-corrected chi connectivity index (χ3v) is 2.83. The van der Waals surface area contributed by atoms with E-state index in [9.17, 15) is 4.79 Å². The van der Waals surface area contributed by atoms with E-state index in [1.807, 2.05) is 0 Å². The molecule has 1 unspecified atom stereocenters. The lowest BCUT2D eigenvalue weighted by Crippen LogP contribution is -2.49. The van der Waals surface area contributed by atoms with Crippen LogP contribution < -0.4 is 16.8 Å². The Balaban J connectivity index is 2.32. The first kappa shape index (κ1) is 12.5. The third kappa shape index (κ3) is 4.18. The lowest BCUT2D eigenvalue weighted by molar-refractivity contribution is -0.123. The van der Waals surface area contributed by atoms with Crippen molar-refractivity contribution < 1.29 is 4.79 Å². The molecular formula is C11H23N3O. The molecule has 1 rings (SSSR count). The fraction of sp³-hybridized carbons (Fsp3) is 0.909. The summed E-state index contributed by atoms with van der Waals surface area (Å²) in [5, 5.41) is 2.94. The molecule has 88 valence electrons. The van der Waals surface area contributed by atoms with Gasteiger partial charge in [0.15, 0.2) is 0 Å². The van der Waals surface area contributed by atoms with Gasteiger partial charge in [0.1, 0.15) is 0 Å². The van der Waals surface area contributed by atoms with Crippen LogP contribution in [-0.2, 0) is 4.79 Å². The van der Waals surface area contributed by atoms with Gasteiger partial charge in [-0.05, 0) is 31.1 Å². The summed E-state index contributed by atoms with van der Waals surface area (Å²) in [6.45, 7) is 4.65. The van der Waals surface area contributed by atoms with E-state index >= 15 is 0 Å². The van der Waals surface area contributed by atoms with E-state index in [4.69, 9.17) is 11.5 Å². The second kappa shape index (κ2) is 5.47. The molecule has 15 heavy (non-hydrogen) atoms. The Morgan fingerprint density at radius 1 is 1.47 bits per heavy atom. The van der Waals surface area contributed by atoms with E-state index in [0.717, 1.165) is 6.42 Å². The number of rotatable bonds is 6. The van der Waals surface area contributed by atoms with Gasteiger partial charge in [0.25, 0.3) is 0 Å². The average Bonchev–Trinajstić information content (AvgIpc) is 2.95. The van der Waals surface area contributed by atoms with Gasteiger partial charge in [-0.15, -0.1) is 0 Å². The highest BCUT2D eigenvalue weighted by molar-refractivity contribution is 5.81. The van der Waals surface area contributed by atoms with Crippen molar-refractivity contribution in [1.29, 1.82) is 0 Å². The molecule has 0 bridgehead atoms. The smallest absolute Gasteiger partial charge is 0.237 e. The molecule has 0 aromatic heterocycles. The quantitative estimate of drug-likeness (QED) is 0.590. The van der Waals surface area contributed by atoms with Gasteiger partial charge < -0.3 is 16.8 Å². The largest absolute Gasteiger partial charge is 0.350 e. The maximum atomic E-state index is 11.7. The molecule has 4 nitrogen and oxygen atoms in total. The second-order valence-electron chi connectivity index (χ2n) is 4.92. The maximum absolute atomic E-state index is 11.7. The van der Waals surface area contributed by atoms with E-state index < -0.39 is 6.04 Å². The standard InChI is InChI=1S/C11H23N3O/c1-7(2)5-9(13)11(15)14-10(6-12)8-3-4-8/h7-10H,3-6,12-13H2,1-2H3,(H,14,15)/t9-,10?/m0/s1. The lowest BCUT2D eigenvalue weighted by Gasteiger charge is -2.20. The molecule has 0 saturated heterocycles. The van der Waals surface area contributed by atoms with Crippen LogP contribution in [-0.4, -0.2) is 24.5 Å². The zero-order chi connectivity index (χ0) is 11.4. The number of carbonyl (C=O) groups is 1. The Hall–Kier alpha value is -0.610. The summed E-state index contributed by atoms with van der Waals surface area (Å²) in [6, 6.07) is -0.256. The first-order valence-electron chi connectivity index (χ1n) is 5.80. The zero-order valence-electron chi connectivity index (χ0n) is 9.70. The highest BCUT2D eigenvalue weighted by Crippen LogP contribution is 2.32. The molecule has 5 N–H and O–H groups in total. The average molecular weight is 213 g/mol. The summed E-state index contributed by atoms with van der Waals surface area (Å²) in [7, 11) is 0. The molecule has 1 amide bonds. The van der Waals surface area contributed by atoms with E-state index in [1.165, 1.54) is 12.8 Å². The van der Waals surface area contributed by atoms with E-state index in [0.29, 0.717) is 18.4 Å². The predicted molar refractivity (Wildman–Crippen MR) is 61.1 cm³/mol. The van der Waals surface area contributed by atoms with Crippen LogP contribution in [0, 0.1) is 11.8 Å². The van der Waals surface area contributed by atoms with E-state index in [-0.39, 0.29) is 11.9 Å². The molecule has 0 aliphatic heterocycles. The molecule has 0 aromatic carbocycles. The van der Waals surface area contributed by atoms with Crippen LogP contribution in [0.4, 0.5) is 0 Å². The second-order valence-corrected chi connectivity index (χ2v) is 4.92. The highest BCUT2D eigenvalue weighted by atomic mass is 16.2. The van der Waals surface area contributed by atoms with Crippen molar-refractivity contribution in [3.63, 3.8) is 0 Å². The molecule has 1 saturated carbocycles. The molecule has 0 radical (unpaired) electrons. The van der Waals surface area contributed by atoms with Crippen molar-refractivity contribution in [1.82, 2.24) is 5.32 Å². The zero-order valence-corrected chi connectivity index (χ0v) is 9.70. The summed E-state index contributed by atoms with van der Waals surface area (Å²) in [4.78, 5) is 11.7. The monoisotopic (exact) mass is 213 g/mol. The molecule has 1 aliphatic rings.